The fourth-order valence-electron chi connectivity index (χ4n) is 3.29. The molecule has 7 heteroatoms. The first-order valence-corrected chi connectivity index (χ1v) is 9.42. The Morgan fingerprint density at radius 3 is 2.52 bits per heavy atom. The van der Waals surface area contributed by atoms with E-state index in [1.165, 1.54) is 10.7 Å². The van der Waals surface area contributed by atoms with Crippen molar-refractivity contribution in [2.45, 2.75) is 25.9 Å². The molecule has 2 aromatic heterocycles. The molecular weight excluding hydrogens is 366 g/mol. The van der Waals surface area contributed by atoms with Gasteiger partial charge in [0.05, 0.1) is 29.4 Å². The fourth-order valence-corrected chi connectivity index (χ4v) is 3.29. The minimum atomic E-state index is -0.498. The summed E-state index contributed by atoms with van der Waals surface area (Å²) in [5.74, 6) is 0.351. The van der Waals surface area contributed by atoms with Crippen molar-refractivity contribution < 1.29 is 0 Å². The molecule has 0 radical (unpaired) electrons. The molecule has 0 fully saturated rings. The van der Waals surface area contributed by atoms with Gasteiger partial charge in [0.15, 0.2) is 0 Å². The number of fused-ring (bicyclic) bond motifs is 1. The van der Waals surface area contributed by atoms with E-state index >= 15 is 0 Å². The molecule has 0 aliphatic carbocycles. The molecule has 146 valence electrons. The number of benzene rings is 2. The molecule has 2 N–H and O–H groups in total. The van der Waals surface area contributed by atoms with Crippen LogP contribution in [0.25, 0.3) is 10.8 Å². The normalized spacial score (nSPS) is 13.2. The third-order valence-electron chi connectivity index (χ3n) is 4.93. The van der Waals surface area contributed by atoms with Gasteiger partial charge in [0.1, 0.15) is 0 Å². The number of aromatic amines is 1. The van der Waals surface area contributed by atoms with Crippen LogP contribution in [0.3, 0.4) is 0 Å². The van der Waals surface area contributed by atoms with Crippen LogP contribution in [0, 0.1) is 0 Å². The minimum Gasteiger partial charge on any atom is -0.349 e. The van der Waals surface area contributed by atoms with Crippen LogP contribution in [0.1, 0.15) is 37.2 Å². The summed E-state index contributed by atoms with van der Waals surface area (Å²) in [4.78, 5) is 32.3. The van der Waals surface area contributed by atoms with Gasteiger partial charge in [0.2, 0.25) is 5.95 Å². The quantitative estimate of drug-likeness (QED) is 0.548. The van der Waals surface area contributed by atoms with Crippen LogP contribution in [0.5, 0.6) is 0 Å². The van der Waals surface area contributed by atoms with E-state index in [1.54, 1.807) is 19.2 Å². The first kappa shape index (κ1) is 18.6. The molecule has 0 bridgehead atoms. The highest BCUT2D eigenvalue weighted by atomic mass is 16.1. The Kier molecular flexibility index (Phi) is 4.95. The van der Waals surface area contributed by atoms with Crippen molar-refractivity contribution in [1.29, 1.82) is 0 Å². The summed E-state index contributed by atoms with van der Waals surface area (Å²) in [5.41, 5.74) is 1.02. The monoisotopic (exact) mass is 387 g/mol. The van der Waals surface area contributed by atoms with E-state index in [0.717, 1.165) is 10.9 Å². The highest BCUT2D eigenvalue weighted by Gasteiger charge is 2.16. The maximum absolute atomic E-state index is 12.8. The SMILES string of the molecule is C[C@H](c1cc(=O)[nH]c(N[C@H](C)c2ccccc2)n1)n1ncc2ccccc2c1=O. The van der Waals surface area contributed by atoms with E-state index in [4.69, 9.17) is 0 Å². The summed E-state index contributed by atoms with van der Waals surface area (Å²) >= 11 is 0. The zero-order chi connectivity index (χ0) is 20.4. The number of anilines is 1. The number of H-pyrrole nitrogens is 1. The highest BCUT2D eigenvalue weighted by Crippen LogP contribution is 2.18. The minimum absolute atomic E-state index is 0.0496. The zero-order valence-corrected chi connectivity index (χ0v) is 16.2. The van der Waals surface area contributed by atoms with Crippen LogP contribution in [0.4, 0.5) is 5.95 Å². The summed E-state index contributed by atoms with van der Waals surface area (Å²) < 4.78 is 1.36. The lowest BCUT2D eigenvalue weighted by atomic mass is 10.1. The molecular formula is C22H21N5O2. The predicted octanol–water partition coefficient (Wildman–Crippen LogP) is 3.26. The Hall–Kier alpha value is -3.74. The molecule has 0 saturated heterocycles. The van der Waals surface area contributed by atoms with Crippen LogP contribution < -0.4 is 16.4 Å². The van der Waals surface area contributed by atoms with Crippen molar-refractivity contribution in [2.75, 3.05) is 5.32 Å². The third kappa shape index (κ3) is 3.80. The lowest BCUT2D eigenvalue weighted by Gasteiger charge is -2.17. The van der Waals surface area contributed by atoms with Gasteiger partial charge < -0.3 is 5.32 Å². The van der Waals surface area contributed by atoms with Crippen molar-refractivity contribution in [3.63, 3.8) is 0 Å². The number of hydrogen-bond acceptors (Lipinski definition) is 5. The smallest absolute Gasteiger partial charge is 0.275 e. The largest absolute Gasteiger partial charge is 0.349 e. The molecule has 2 aromatic carbocycles. The molecule has 7 nitrogen and oxygen atoms in total. The Morgan fingerprint density at radius 1 is 1.00 bits per heavy atom. The zero-order valence-electron chi connectivity index (χ0n) is 16.2. The van der Waals surface area contributed by atoms with Crippen LogP contribution in [-0.4, -0.2) is 19.7 Å². The van der Waals surface area contributed by atoms with Gasteiger partial charge in [0.25, 0.3) is 11.1 Å². The molecule has 4 rings (SSSR count). The highest BCUT2D eigenvalue weighted by molar-refractivity contribution is 5.80. The molecule has 0 unspecified atom stereocenters. The van der Waals surface area contributed by atoms with Crippen LogP contribution in [0.15, 0.2) is 76.4 Å². The van der Waals surface area contributed by atoms with Crippen molar-refractivity contribution in [3.8, 4) is 0 Å². The molecule has 0 aliphatic heterocycles. The lowest BCUT2D eigenvalue weighted by molar-refractivity contribution is 0.524. The molecule has 0 spiro atoms. The van der Waals surface area contributed by atoms with E-state index < -0.39 is 6.04 Å². The second-order valence-electron chi connectivity index (χ2n) is 6.95. The second-order valence-corrected chi connectivity index (χ2v) is 6.95. The fraction of sp³-hybridized carbons (Fsp3) is 0.182. The number of rotatable bonds is 5. The standard InChI is InChI=1S/C22H21N5O2/c1-14(16-8-4-3-5-9-16)24-22-25-19(12-20(28)26-22)15(2)27-21(29)18-11-7-6-10-17(18)13-23-27/h3-15H,1-2H3,(H2,24,25,26,28)/t14-,15-/m1/s1. The Bertz CT molecular complexity index is 1260. The van der Waals surface area contributed by atoms with Gasteiger partial charge in [-0.2, -0.15) is 5.10 Å². The van der Waals surface area contributed by atoms with E-state index in [9.17, 15) is 9.59 Å². The average molecular weight is 387 g/mol. The predicted molar refractivity (Wildman–Crippen MR) is 113 cm³/mol. The summed E-state index contributed by atoms with van der Waals surface area (Å²) in [5, 5.41) is 8.85. The van der Waals surface area contributed by atoms with Crippen LogP contribution >= 0.6 is 0 Å². The van der Waals surface area contributed by atoms with Crippen molar-refractivity contribution in [2.24, 2.45) is 0 Å². The molecule has 0 amide bonds. The lowest BCUT2D eigenvalue weighted by Crippen LogP contribution is -2.28. The molecule has 29 heavy (non-hydrogen) atoms. The van der Waals surface area contributed by atoms with Gasteiger partial charge in [0, 0.05) is 11.5 Å². The average Bonchev–Trinajstić information content (AvgIpc) is 2.74. The van der Waals surface area contributed by atoms with Crippen molar-refractivity contribution in [1.82, 2.24) is 19.7 Å². The summed E-state index contributed by atoms with van der Waals surface area (Å²) in [6.45, 7) is 3.79. The number of hydrogen-bond donors (Lipinski definition) is 2. The van der Waals surface area contributed by atoms with E-state index in [1.807, 2.05) is 55.5 Å². The van der Waals surface area contributed by atoms with Gasteiger partial charge in [-0.3, -0.25) is 14.6 Å². The van der Waals surface area contributed by atoms with Crippen molar-refractivity contribution >= 4 is 16.7 Å². The number of nitrogens with one attached hydrogen (secondary N) is 2. The van der Waals surface area contributed by atoms with Gasteiger partial charge in [-0.1, -0.05) is 48.5 Å². The maximum atomic E-state index is 12.8. The van der Waals surface area contributed by atoms with Gasteiger partial charge in [-0.25, -0.2) is 9.67 Å². The summed E-state index contributed by atoms with van der Waals surface area (Å²) in [7, 11) is 0. The van der Waals surface area contributed by atoms with Crippen molar-refractivity contribution in [3.05, 3.63) is 98.8 Å². The Morgan fingerprint density at radius 2 is 1.72 bits per heavy atom. The number of aromatic nitrogens is 4. The second kappa shape index (κ2) is 7.71. The van der Waals surface area contributed by atoms with E-state index in [2.05, 4.69) is 20.4 Å². The van der Waals surface area contributed by atoms with E-state index in [0.29, 0.717) is 17.0 Å². The molecule has 0 saturated carbocycles. The Balaban J connectivity index is 1.68. The first-order chi connectivity index (χ1) is 14.0. The summed E-state index contributed by atoms with van der Waals surface area (Å²) in [6, 6.07) is 18.0. The van der Waals surface area contributed by atoms with Crippen LogP contribution in [-0.2, 0) is 0 Å². The Labute approximate surface area is 167 Å². The maximum Gasteiger partial charge on any atom is 0.275 e. The van der Waals surface area contributed by atoms with Gasteiger partial charge in [-0.15, -0.1) is 0 Å². The molecule has 4 aromatic rings. The van der Waals surface area contributed by atoms with E-state index in [-0.39, 0.29) is 17.2 Å². The van der Waals surface area contributed by atoms with Gasteiger partial charge in [-0.05, 0) is 25.5 Å². The summed E-state index contributed by atoms with van der Waals surface area (Å²) in [6.07, 6.45) is 1.65. The first-order valence-electron chi connectivity index (χ1n) is 9.42. The van der Waals surface area contributed by atoms with Crippen LogP contribution in [0.2, 0.25) is 0 Å². The number of nitrogens with zero attached hydrogens (tertiary/aromatic N) is 3. The van der Waals surface area contributed by atoms with Gasteiger partial charge >= 0.3 is 0 Å². The molecule has 2 atom stereocenters. The third-order valence-corrected chi connectivity index (χ3v) is 4.93. The molecule has 0 aliphatic rings. The molecule has 2 heterocycles. The topological polar surface area (TPSA) is 92.7 Å².